The molecule has 0 spiro atoms. The SMILES string of the molecule is CC(O)CCCCCC/C=C\CCCCCCCC(=O)[O-].[Na+]. The third-order valence-corrected chi connectivity index (χ3v) is 3.66. The summed E-state index contributed by atoms with van der Waals surface area (Å²) in [5, 5.41) is 19.3. The maximum absolute atomic E-state index is 10.2. The van der Waals surface area contributed by atoms with Crippen molar-refractivity contribution in [2.24, 2.45) is 0 Å². The topological polar surface area (TPSA) is 60.4 Å². The molecule has 0 aliphatic rings. The number of aliphatic hydroxyl groups is 1. The second kappa shape index (κ2) is 19.2. The molecule has 0 aromatic rings. The molecule has 0 bridgehead atoms. The van der Waals surface area contributed by atoms with E-state index in [1.807, 2.05) is 6.92 Å². The average molecular weight is 320 g/mol. The minimum atomic E-state index is -0.927. The largest absolute Gasteiger partial charge is 1.00 e. The molecule has 1 atom stereocenters. The molecule has 0 rings (SSSR count). The van der Waals surface area contributed by atoms with Crippen molar-refractivity contribution >= 4 is 5.97 Å². The van der Waals surface area contributed by atoms with Crippen LogP contribution in [0.2, 0.25) is 0 Å². The fraction of sp³-hybridized carbons (Fsp3) is 0.833. The maximum atomic E-state index is 10.2. The number of hydrogen-bond acceptors (Lipinski definition) is 3. The van der Waals surface area contributed by atoms with Crippen LogP contribution in [0.15, 0.2) is 12.2 Å². The smallest absolute Gasteiger partial charge is 0.550 e. The minimum Gasteiger partial charge on any atom is -0.550 e. The number of carboxylic acid groups (broad SMARTS) is 1. The summed E-state index contributed by atoms with van der Waals surface area (Å²) in [6.45, 7) is 1.85. The number of unbranched alkanes of at least 4 members (excludes halogenated alkanes) is 9. The normalized spacial score (nSPS) is 12.3. The number of carbonyl (C=O) groups excluding carboxylic acids is 1. The van der Waals surface area contributed by atoms with E-state index in [2.05, 4.69) is 12.2 Å². The number of carboxylic acids is 1. The Bertz CT molecular complexity index is 265. The summed E-state index contributed by atoms with van der Waals surface area (Å²) in [6, 6.07) is 0. The molecule has 1 N–H and O–H groups in total. The van der Waals surface area contributed by atoms with E-state index in [4.69, 9.17) is 5.11 Å². The van der Waals surface area contributed by atoms with Gasteiger partial charge >= 0.3 is 29.6 Å². The van der Waals surface area contributed by atoms with Crippen LogP contribution in [0.5, 0.6) is 0 Å². The molecule has 0 aliphatic carbocycles. The van der Waals surface area contributed by atoms with Gasteiger partial charge in [0.1, 0.15) is 0 Å². The van der Waals surface area contributed by atoms with Crippen LogP contribution in [0.3, 0.4) is 0 Å². The molecular weight excluding hydrogens is 287 g/mol. The van der Waals surface area contributed by atoms with Crippen molar-refractivity contribution < 1.29 is 44.6 Å². The molecule has 4 heteroatoms. The van der Waals surface area contributed by atoms with Crippen LogP contribution in [-0.4, -0.2) is 17.2 Å². The van der Waals surface area contributed by atoms with E-state index in [1.165, 1.54) is 38.5 Å². The van der Waals surface area contributed by atoms with Gasteiger partial charge in [-0.15, -0.1) is 0 Å². The first-order valence-electron chi connectivity index (χ1n) is 8.66. The van der Waals surface area contributed by atoms with Gasteiger partial charge < -0.3 is 15.0 Å². The molecular formula is C18H33NaO3. The van der Waals surface area contributed by atoms with Crippen LogP contribution >= 0.6 is 0 Å². The van der Waals surface area contributed by atoms with Crippen LogP contribution in [0.1, 0.15) is 90.4 Å². The van der Waals surface area contributed by atoms with Crippen LogP contribution in [0.4, 0.5) is 0 Å². The number of allylic oxidation sites excluding steroid dienone is 2. The average Bonchev–Trinajstić information content (AvgIpc) is 2.42. The predicted molar refractivity (Wildman–Crippen MR) is 85.8 cm³/mol. The Kier molecular flexibility index (Phi) is 21.3. The molecule has 0 amide bonds. The zero-order chi connectivity index (χ0) is 15.8. The zero-order valence-electron chi connectivity index (χ0n) is 14.7. The van der Waals surface area contributed by atoms with E-state index in [9.17, 15) is 9.90 Å². The van der Waals surface area contributed by atoms with Crippen LogP contribution in [0, 0.1) is 0 Å². The van der Waals surface area contributed by atoms with E-state index in [0.717, 1.165) is 38.5 Å². The summed E-state index contributed by atoms with van der Waals surface area (Å²) < 4.78 is 0. The Labute approximate surface area is 158 Å². The summed E-state index contributed by atoms with van der Waals surface area (Å²) in [5.74, 6) is -0.927. The summed E-state index contributed by atoms with van der Waals surface area (Å²) in [7, 11) is 0. The molecule has 1 unspecified atom stereocenters. The summed E-state index contributed by atoms with van der Waals surface area (Å²) in [4.78, 5) is 10.2. The molecule has 22 heavy (non-hydrogen) atoms. The fourth-order valence-corrected chi connectivity index (χ4v) is 2.35. The predicted octanol–water partition coefficient (Wildman–Crippen LogP) is 0.749. The van der Waals surface area contributed by atoms with Gasteiger partial charge in [0.25, 0.3) is 0 Å². The molecule has 0 aromatic carbocycles. The molecule has 0 saturated carbocycles. The van der Waals surface area contributed by atoms with Gasteiger partial charge in [0.05, 0.1) is 6.10 Å². The monoisotopic (exact) mass is 320 g/mol. The zero-order valence-corrected chi connectivity index (χ0v) is 16.7. The number of carbonyl (C=O) groups is 1. The van der Waals surface area contributed by atoms with E-state index < -0.39 is 5.97 Å². The third-order valence-electron chi connectivity index (χ3n) is 3.66. The first kappa shape index (κ1) is 24.4. The Hall–Kier alpha value is 0.170. The molecule has 0 radical (unpaired) electrons. The van der Waals surface area contributed by atoms with Crippen molar-refractivity contribution in [2.45, 2.75) is 96.5 Å². The summed E-state index contributed by atoms with van der Waals surface area (Å²) >= 11 is 0. The molecule has 0 saturated heterocycles. The first-order valence-corrected chi connectivity index (χ1v) is 8.66. The number of aliphatic hydroxyl groups excluding tert-OH is 1. The Balaban J connectivity index is 0. The Morgan fingerprint density at radius 1 is 0.909 bits per heavy atom. The first-order chi connectivity index (χ1) is 10.1. The van der Waals surface area contributed by atoms with E-state index >= 15 is 0 Å². The fourth-order valence-electron chi connectivity index (χ4n) is 2.35. The standard InChI is InChI=1S/C18H34O3.Na/c1-17(19)15-13-11-9-7-5-3-2-4-6-8-10-12-14-16-18(20)21;/h2-3,17,19H,4-16H2,1H3,(H,20,21);/q;+1/p-1/b3-2-;. The summed E-state index contributed by atoms with van der Waals surface area (Å²) in [5.41, 5.74) is 0. The molecule has 0 fully saturated rings. The van der Waals surface area contributed by atoms with Crippen molar-refractivity contribution in [3.63, 3.8) is 0 Å². The number of rotatable bonds is 15. The number of aliphatic carboxylic acids is 1. The van der Waals surface area contributed by atoms with Gasteiger partial charge in [-0.05, 0) is 51.9 Å². The number of hydrogen-bond donors (Lipinski definition) is 1. The Morgan fingerprint density at radius 2 is 1.36 bits per heavy atom. The van der Waals surface area contributed by atoms with Gasteiger partial charge in [0, 0.05) is 5.97 Å². The van der Waals surface area contributed by atoms with Crippen molar-refractivity contribution in [1.82, 2.24) is 0 Å². The maximum Gasteiger partial charge on any atom is 1.00 e. The van der Waals surface area contributed by atoms with E-state index in [1.54, 1.807) is 0 Å². The molecule has 0 aromatic heterocycles. The molecule has 124 valence electrons. The van der Waals surface area contributed by atoms with Gasteiger partial charge in [0.2, 0.25) is 0 Å². The third kappa shape index (κ3) is 22.5. The Morgan fingerprint density at radius 3 is 1.86 bits per heavy atom. The quantitative estimate of drug-likeness (QED) is 0.275. The molecule has 0 heterocycles. The van der Waals surface area contributed by atoms with Crippen molar-refractivity contribution in [2.75, 3.05) is 0 Å². The summed E-state index contributed by atoms with van der Waals surface area (Å²) in [6.07, 6.45) is 18.0. The van der Waals surface area contributed by atoms with Crippen molar-refractivity contribution in [3.05, 3.63) is 12.2 Å². The van der Waals surface area contributed by atoms with E-state index in [-0.39, 0.29) is 42.1 Å². The van der Waals surface area contributed by atoms with Crippen molar-refractivity contribution in [1.29, 1.82) is 0 Å². The van der Waals surface area contributed by atoms with Gasteiger partial charge in [-0.2, -0.15) is 0 Å². The van der Waals surface area contributed by atoms with E-state index in [0.29, 0.717) is 0 Å². The van der Waals surface area contributed by atoms with Crippen LogP contribution < -0.4 is 34.7 Å². The molecule has 0 aliphatic heterocycles. The van der Waals surface area contributed by atoms with Gasteiger partial charge in [-0.25, -0.2) is 0 Å². The van der Waals surface area contributed by atoms with Gasteiger partial charge in [-0.1, -0.05) is 50.7 Å². The van der Waals surface area contributed by atoms with Crippen LogP contribution in [0.25, 0.3) is 0 Å². The second-order valence-electron chi connectivity index (χ2n) is 5.99. The van der Waals surface area contributed by atoms with Gasteiger partial charge in [0.15, 0.2) is 0 Å². The minimum absolute atomic E-state index is 0. The molecule has 3 nitrogen and oxygen atoms in total. The van der Waals surface area contributed by atoms with Crippen LogP contribution in [-0.2, 0) is 4.79 Å². The van der Waals surface area contributed by atoms with Crippen molar-refractivity contribution in [3.8, 4) is 0 Å². The van der Waals surface area contributed by atoms with Gasteiger partial charge in [-0.3, -0.25) is 0 Å². The second-order valence-corrected chi connectivity index (χ2v) is 5.99.